The van der Waals surface area contributed by atoms with Crippen molar-refractivity contribution in [3.63, 3.8) is 0 Å². The molecule has 2 heterocycles. The highest BCUT2D eigenvalue weighted by atomic mass is 32.2. The minimum atomic E-state index is -3.64. The van der Waals surface area contributed by atoms with Gasteiger partial charge in [-0.15, -0.1) is 0 Å². The summed E-state index contributed by atoms with van der Waals surface area (Å²) in [5.41, 5.74) is 2.76. The van der Waals surface area contributed by atoms with Crippen LogP contribution in [-0.2, 0) is 16.6 Å². The molecule has 2 aliphatic heterocycles. The molecule has 32 heavy (non-hydrogen) atoms. The third-order valence-electron chi connectivity index (χ3n) is 6.25. The van der Waals surface area contributed by atoms with Crippen molar-refractivity contribution in [3.05, 3.63) is 59.4 Å². The van der Waals surface area contributed by atoms with Gasteiger partial charge in [-0.2, -0.15) is 9.57 Å². The first-order valence-corrected chi connectivity index (χ1v) is 12.3. The highest BCUT2D eigenvalue weighted by Gasteiger charge is 2.29. The van der Waals surface area contributed by atoms with E-state index in [9.17, 15) is 18.1 Å². The lowest BCUT2D eigenvalue weighted by Crippen LogP contribution is -2.48. The average molecular weight is 458 g/mol. The number of nitrogens with zero attached hydrogens (tertiary/aromatic N) is 5. The molecule has 0 N–H and O–H groups in total. The SMILES string of the molecule is CN1CCN(c2ccc(C#N)c(CN3CCN(S(=O)(=O)c4ccc(F)cc4)CC3)c2)CC1. The topological polar surface area (TPSA) is 70.9 Å². The van der Waals surface area contributed by atoms with Gasteiger partial charge in [-0.25, -0.2) is 12.8 Å². The molecule has 4 rings (SSSR count). The Kier molecular flexibility index (Phi) is 6.76. The van der Waals surface area contributed by atoms with E-state index in [-0.39, 0.29) is 4.90 Å². The minimum Gasteiger partial charge on any atom is -0.369 e. The number of benzene rings is 2. The molecule has 0 unspecified atom stereocenters. The Bertz CT molecular complexity index is 1080. The Morgan fingerprint density at radius 1 is 0.938 bits per heavy atom. The van der Waals surface area contributed by atoms with E-state index in [0.717, 1.165) is 37.4 Å². The lowest BCUT2D eigenvalue weighted by atomic mass is 10.1. The van der Waals surface area contributed by atoms with Gasteiger partial charge in [0.25, 0.3) is 0 Å². The van der Waals surface area contributed by atoms with Gasteiger partial charge < -0.3 is 9.80 Å². The fourth-order valence-electron chi connectivity index (χ4n) is 4.21. The van der Waals surface area contributed by atoms with Crippen molar-refractivity contribution in [1.29, 1.82) is 5.26 Å². The highest BCUT2D eigenvalue weighted by molar-refractivity contribution is 7.89. The summed E-state index contributed by atoms with van der Waals surface area (Å²) in [4.78, 5) is 6.94. The predicted octanol–water partition coefficient (Wildman–Crippen LogP) is 1.96. The highest BCUT2D eigenvalue weighted by Crippen LogP contribution is 2.24. The molecule has 0 atom stereocenters. The first-order chi connectivity index (χ1) is 15.4. The molecule has 2 aliphatic rings. The van der Waals surface area contributed by atoms with E-state index in [1.807, 2.05) is 12.1 Å². The van der Waals surface area contributed by atoms with Crippen molar-refractivity contribution < 1.29 is 12.8 Å². The van der Waals surface area contributed by atoms with Crippen LogP contribution in [0.4, 0.5) is 10.1 Å². The van der Waals surface area contributed by atoms with Crippen LogP contribution in [0.25, 0.3) is 0 Å². The Balaban J connectivity index is 1.42. The van der Waals surface area contributed by atoms with E-state index in [4.69, 9.17) is 0 Å². The first-order valence-electron chi connectivity index (χ1n) is 10.8. The van der Waals surface area contributed by atoms with E-state index in [2.05, 4.69) is 33.9 Å². The second kappa shape index (κ2) is 9.55. The van der Waals surface area contributed by atoms with Gasteiger partial charge in [-0.05, 0) is 55.1 Å². The summed E-state index contributed by atoms with van der Waals surface area (Å²) in [6.45, 7) is 6.42. The number of rotatable bonds is 5. The molecule has 0 saturated carbocycles. The molecule has 2 saturated heterocycles. The number of hydrogen-bond acceptors (Lipinski definition) is 6. The maximum atomic E-state index is 13.2. The van der Waals surface area contributed by atoms with Crippen LogP contribution in [0, 0.1) is 17.1 Å². The molecule has 2 aromatic rings. The second-order valence-electron chi connectivity index (χ2n) is 8.38. The predicted molar refractivity (Wildman–Crippen MR) is 121 cm³/mol. The third-order valence-corrected chi connectivity index (χ3v) is 8.17. The molecule has 0 aromatic heterocycles. The van der Waals surface area contributed by atoms with Crippen molar-refractivity contribution >= 4 is 15.7 Å². The van der Waals surface area contributed by atoms with Crippen LogP contribution < -0.4 is 4.90 Å². The van der Waals surface area contributed by atoms with Gasteiger partial charge in [0.2, 0.25) is 10.0 Å². The maximum Gasteiger partial charge on any atom is 0.243 e. The number of halogens is 1. The van der Waals surface area contributed by atoms with Gasteiger partial charge in [-0.3, -0.25) is 4.90 Å². The fraction of sp³-hybridized carbons (Fsp3) is 0.435. The molecule has 0 radical (unpaired) electrons. The van der Waals surface area contributed by atoms with Crippen molar-refractivity contribution in [3.8, 4) is 6.07 Å². The summed E-state index contributed by atoms with van der Waals surface area (Å²) in [6, 6.07) is 13.2. The van der Waals surface area contributed by atoms with Gasteiger partial charge in [0.1, 0.15) is 5.82 Å². The molecule has 0 spiro atoms. The second-order valence-corrected chi connectivity index (χ2v) is 10.3. The Morgan fingerprint density at radius 2 is 1.59 bits per heavy atom. The molecule has 170 valence electrons. The number of nitriles is 1. The van der Waals surface area contributed by atoms with Crippen LogP contribution in [-0.4, -0.2) is 81.9 Å². The third kappa shape index (κ3) is 4.94. The van der Waals surface area contributed by atoms with Gasteiger partial charge in [0.15, 0.2) is 0 Å². The molecule has 9 heteroatoms. The van der Waals surface area contributed by atoms with Crippen LogP contribution in [0.15, 0.2) is 47.4 Å². The number of anilines is 1. The zero-order valence-electron chi connectivity index (χ0n) is 18.2. The maximum absolute atomic E-state index is 13.2. The van der Waals surface area contributed by atoms with Gasteiger partial charge in [0, 0.05) is 64.6 Å². The number of sulfonamides is 1. The minimum absolute atomic E-state index is 0.110. The van der Waals surface area contributed by atoms with Crippen molar-refractivity contribution in [2.45, 2.75) is 11.4 Å². The molecule has 2 fully saturated rings. The summed E-state index contributed by atoms with van der Waals surface area (Å²) < 4.78 is 40.3. The summed E-state index contributed by atoms with van der Waals surface area (Å²) in [5, 5.41) is 9.58. The Hall–Kier alpha value is -2.51. The number of likely N-dealkylation sites (N-methyl/N-ethyl adjacent to an activating group) is 1. The summed E-state index contributed by atoms with van der Waals surface area (Å²) in [7, 11) is -1.51. The molecule has 2 aromatic carbocycles. The van der Waals surface area contributed by atoms with E-state index >= 15 is 0 Å². The lowest BCUT2D eigenvalue weighted by molar-refractivity contribution is 0.181. The van der Waals surface area contributed by atoms with Crippen LogP contribution >= 0.6 is 0 Å². The lowest BCUT2D eigenvalue weighted by Gasteiger charge is -2.35. The first kappa shape index (κ1) is 22.7. The zero-order valence-corrected chi connectivity index (χ0v) is 19.1. The molecular formula is C23H28FN5O2S. The number of hydrogen-bond donors (Lipinski definition) is 0. The van der Waals surface area contributed by atoms with Crippen molar-refractivity contribution in [1.82, 2.24) is 14.1 Å². The van der Waals surface area contributed by atoms with Gasteiger partial charge in [-0.1, -0.05) is 0 Å². The van der Waals surface area contributed by atoms with Crippen molar-refractivity contribution in [2.24, 2.45) is 0 Å². The molecular weight excluding hydrogens is 429 g/mol. The van der Waals surface area contributed by atoms with Crippen LogP contribution in [0.3, 0.4) is 0 Å². The normalized spacial score (nSPS) is 19.1. The summed E-state index contributed by atoms with van der Waals surface area (Å²) in [5.74, 6) is -0.458. The van der Waals surface area contributed by atoms with Crippen LogP contribution in [0.5, 0.6) is 0 Å². The van der Waals surface area contributed by atoms with E-state index in [1.54, 1.807) is 0 Å². The molecule has 0 bridgehead atoms. The standard InChI is InChI=1S/C23H28FN5O2S/c1-26-8-12-28(13-9-26)22-5-2-19(17-25)20(16-22)18-27-10-14-29(15-11-27)32(30,31)23-6-3-21(24)4-7-23/h2-7,16H,8-15,18H2,1H3. The van der Waals surface area contributed by atoms with E-state index in [1.165, 1.54) is 28.6 Å². The average Bonchev–Trinajstić information content (AvgIpc) is 2.80. The fourth-order valence-corrected chi connectivity index (χ4v) is 5.63. The smallest absolute Gasteiger partial charge is 0.243 e. The molecule has 0 aliphatic carbocycles. The van der Waals surface area contributed by atoms with E-state index < -0.39 is 15.8 Å². The van der Waals surface area contributed by atoms with Crippen molar-refractivity contribution in [2.75, 3.05) is 64.3 Å². The molecule has 0 amide bonds. The van der Waals surface area contributed by atoms with Crippen LogP contribution in [0.1, 0.15) is 11.1 Å². The zero-order chi connectivity index (χ0) is 22.7. The Labute approximate surface area is 189 Å². The Morgan fingerprint density at radius 3 is 2.22 bits per heavy atom. The summed E-state index contributed by atoms with van der Waals surface area (Å²) >= 11 is 0. The van der Waals surface area contributed by atoms with Crippen LogP contribution in [0.2, 0.25) is 0 Å². The molecule has 7 nitrogen and oxygen atoms in total. The monoisotopic (exact) mass is 457 g/mol. The summed E-state index contributed by atoms with van der Waals surface area (Å²) in [6.07, 6.45) is 0. The largest absolute Gasteiger partial charge is 0.369 e. The van der Waals surface area contributed by atoms with Gasteiger partial charge >= 0.3 is 0 Å². The quantitative estimate of drug-likeness (QED) is 0.684. The van der Waals surface area contributed by atoms with Gasteiger partial charge in [0.05, 0.1) is 16.5 Å². The van der Waals surface area contributed by atoms with E-state index in [0.29, 0.717) is 38.3 Å². The number of piperazine rings is 2.